The van der Waals surface area contributed by atoms with Crippen molar-refractivity contribution in [3.8, 4) is 0 Å². The van der Waals surface area contributed by atoms with Crippen LogP contribution in [0.1, 0.15) is 16.8 Å². The Balaban J connectivity index is 2.03. The van der Waals surface area contributed by atoms with E-state index in [-0.39, 0.29) is 12.5 Å². The number of carbonyl (C=O) groups excluding carboxylic acids is 2. The average Bonchev–Trinajstić information content (AvgIpc) is 2.78. The van der Waals surface area contributed by atoms with Crippen LogP contribution in [-0.2, 0) is 4.79 Å². The van der Waals surface area contributed by atoms with E-state index in [0.29, 0.717) is 17.7 Å². The van der Waals surface area contributed by atoms with Gasteiger partial charge in [-0.05, 0) is 24.6 Å². The molecule has 0 saturated carbocycles. The lowest BCUT2D eigenvalue weighted by atomic mass is 10.1. The van der Waals surface area contributed by atoms with Crippen LogP contribution in [-0.4, -0.2) is 49.1 Å². The van der Waals surface area contributed by atoms with Crippen molar-refractivity contribution in [2.75, 3.05) is 25.5 Å². The summed E-state index contributed by atoms with van der Waals surface area (Å²) in [6.07, 6.45) is -4.11. The van der Waals surface area contributed by atoms with Gasteiger partial charge in [0, 0.05) is 24.8 Å². The van der Waals surface area contributed by atoms with Crippen LogP contribution in [0.2, 0.25) is 0 Å². The molecule has 1 unspecified atom stereocenters. The van der Waals surface area contributed by atoms with E-state index in [1.807, 2.05) is 0 Å². The highest BCUT2D eigenvalue weighted by atomic mass is 19.4. The molecule has 1 saturated heterocycles. The van der Waals surface area contributed by atoms with Gasteiger partial charge in [0.05, 0.1) is 0 Å². The fourth-order valence-electron chi connectivity index (χ4n) is 2.34. The number of anilines is 1. The third-order valence-corrected chi connectivity index (χ3v) is 3.36. The lowest BCUT2D eigenvalue weighted by molar-refractivity contribution is -0.157. The second kappa shape index (κ2) is 6.25. The number of amides is 2. The summed E-state index contributed by atoms with van der Waals surface area (Å²) >= 11 is 0. The fraction of sp³-hybridized carbons (Fsp3) is 0.429. The van der Waals surface area contributed by atoms with Crippen LogP contribution in [0.25, 0.3) is 0 Å². The molecule has 1 fully saturated rings. The van der Waals surface area contributed by atoms with Crippen molar-refractivity contribution in [1.29, 1.82) is 0 Å². The van der Waals surface area contributed by atoms with Gasteiger partial charge in [-0.25, -0.2) is 0 Å². The van der Waals surface area contributed by atoms with E-state index in [1.54, 1.807) is 24.3 Å². The van der Waals surface area contributed by atoms with Gasteiger partial charge in [-0.3, -0.25) is 9.59 Å². The summed E-state index contributed by atoms with van der Waals surface area (Å²) in [7, 11) is 1.50. The highest BCUT2D eigenvalue weighted by Crippen LogP contribution is 2.23. The van der Waals surface area contributed by atoms with Crippen molar-refractivity contribution < 1.29 is 22.8 Å². The predicted octanol–water partition coefficient (Wildman–Crippen LogP) is 1.62. The summed E-state index contributed by atoms with van der Waals surface area (Å²) in [5.41, 5.74) is 0.929. The Kier molecular flexibility index (Phi) is 4.58. The number of alkyl halides is 3. The Morgan fingerprint density at radius 1 is 1.41 bits per heavy atom. The van der Waals surface area contributed by atoms with E-state index in [0.717, 1.165) is 4.90 Å². The largest absolute Gasteiger partial charge is 0.406 e. The molecule has 120 valence electrons. The van der Waals surface area contributed by atoms with Crippen LogP contribution in [0.4, 0.5) is 18.9 Å². The number of hydrogen-bond acceptors (Lipinski definition) is 3. The molecule has 2 rings (SSSR count). The van der Waals surface area contributed by atoms with Crippen molar-refractivity contribution in [3.05, 3.63) is 29.8 Å². The summed E-state index contributed by atoms with van der Waals surface area (Å²) in [5.74, 6) is -0.859. The minimum atomic E-state index is -4.40. The predicted molar refractivity (Wildman–Crippen MR) is 74.5 cm³/mol. The van der Waals surface area contributed by atoms with Gasteiger partial charge < -0.3 is 15.5 Å². The number of likely N-dealkylation sites (tertiary alicyclic amines) is 1. The average molecular weight is 315 g/mol. The Labute approximate surface area is 125 Å². The molecule has 0 spiro atoms. The third kappa shape index (κ3) is 3.90. The highest BCUT2D eigenvalue weighted by molar-refractivity contribution is 5.95. The maximum atomic E-state index is 12.4. The zero-order chi connectivity index (χ0) is 16.3. The van der Waals surface area contributed by atoms with Gasteiger partial charge >= 0.3 is 6.18 Å². The van der Waals surface area contributed by atoms with E-state index >= 15 is 0 Å². The SMILES string of the molecule is CNC(=O)c1cccc(NC2CCN(CC(F)(F)F)C2=O)c1. The molecule has 1 aromatic carbocycles. The molecule has 1 aliphatic heterocycles. The molecule has 1 aromatic rings. The zero-order valence-electron chi connectivity index (χ0n) is 11.9. The van der Waals surface area contributed by atoms with Gasteiger partial charge in [0.15, 0.2) is 0 Å². The van der Waals surface area contributed by atoms with E-state index in [2.05, 4.69) is 10.6 Å². The molecule has 0 bridgehead atoms. The Morgan fingerprint density at radius 3 is 2.77 bits per heavy atom. The van der Waals surface area contributed by atoms with Gasteiger partial charge in [0.2, 0.25) is 5.91 Å². The zero-order valence-corrected chi connectivity index (χ0v) is 11.9. The lowest BCUT2D eigenvalue weighted by Crippen LogP contribution is -2.39. The number of nitrogens with zero attached hydrogens (tertiary/aromatic N) is 1. The molecule has 0 radical (unpaired) electrons. The monoisotopic (exact) mass is 315 g/mol. The molecule has 0 aliphatic carbocycles. The van der Waals surface area contributed by atoms with Gasteiger partial charge in [-0.2, -0.15) is 13.2 Å². The Morgan fingerprint density at radius 2 is 2.14 bits per heavy atom. The summed E-state index contributed by atoms with van der Waals surface area (Å²) < 4.78 is 37.1. The van der Waals surface area contributed by atoms with E-state index in [9.17, 15) is 22.8 Å². The van der Waals surface area contributed by atoms with Crippen molar-refractivity contribution in [2.45, 2.75) is 18.6 Å². The number of carbonyl (C=O) groups is 2. The first-order valence-electron chi connectivity index (χ1n) is 6.74. The van der Waals surface area contributed by atoms with Crippen molar-refractivity contribution in [2.24, 2.45) is 0 Å². The minimum Gasteiger partial charge on any atom is -0.374 e. The van der Waals surface area contributed by atoms with E-state index in [1.165, 1.54) is 7.05 Å². The smallest absolute Gasteiger partial charge is 0.374 e. The van der Waals surface area contributed by atoms with Crippen molar-refractivity contribution in [1.82, 2.24) is 10.2 Å². The van der Waals surface area contributed by atoms with Crippen LogP contribution in [0.3, 0.4) is 0 Å². The molecule has 2 amide bonds. The summed E-state index contributed by atoms with van der Waals surface area (Å²) in [6, 6.07) is 5.75. The minimum absolute atomic E-state index is 0.0607. The quantitative estimate of drug-likeness (QED) is 0.887. The first-order chi connectivity index (χ1) is 10.3. The van der Waals surface area contributed by atoms with Gasteiger partial charge in [-0.15, -0.1) is 0 Å². The maximum absolute atomic E-state index is 12.4. The molecule has 1 aliphatic rings. The van der Waals surface area contributed by atoms with Gasteiger partial charge in [0.25, 0.3) is 5.91 Å². The number of halogens is 3. The number of rotatable bonds is 4. The lowest BCUT2D eigenvalue weighted by Gasteiger charge is -2.19. The molecule has 1 atom stereocenters. The van der Waals surface area contributed by atoms with Gasteiger partial charge in [-0.1, -0.05) is 6.07 Å². The summed E-state index contributed by atoms with van der Waals surface area (Å²) in [5, 5.41) is 5.36. The van der Waals surface area contributed by atoms with Crippen LogP contribution >= 0.6 is 0 Å². The molecule has 1 heterocycles. The van der Waals surface area contributed by atoms with E-state index in [4.69, 9.17) is 0 Å². The Hall–Kier alpha value is -2.25. The van der Waals surface area contributed by atoms with Crippen LogP contribution < -0.4 is 10.6 Å². The number of nitrogens with one attached hydrogen (secondary N) is 2. The molecular weight excluding hydrogens is 299 g/mol. The number of benzene rings is 1. The highest BCUT2D eigenvalue weighted by Gasteiger charge is 2.39. The second-order valence-electron chi connectivity index (χ2n) is 5.02. The second-order valence-corrected chi connectivity index (χ2v) is 5.02. The number of hydrogen-bond donors (Lipinski definition) is 2. The standard InChI is InChI=1S/C14H16F3N3O2/c1-18-12(21)9-3-2-4-10(7-9)19-11-5-6-20(13(11)22)8-14(15,16)17/h2-4,7,11,19H,5-6,8H2,1H3,(H,18,21). The van der Waals surface area contributed by atoms with Crippen LogP contribution in [0, 0.1) is 0 Å². The normalized spacial score (nSPS) is 18.5. The van der Waals surface area contributed by atoms with Gasteiger partial charge in [0.1, 0.15) is 12.6 Å². The molecule has 2 N–H and O–H groups in total. The molecule has 5 nitrogen and oxygen atoms in total. The molecule has 8 heteroatoms. The maximum Gasteiger partial charge on any atom is 0.406 e. The summed E-state index contributed by atoms with van der Waals surface area (Å²) in [4.78, 5) is 24.3. The fourth-order valence-corrected chi connectivity index (χ4v) is 2.34. The third-order valence-electron chi connectivity index (χ3n) is 3.36. The first-order valence-corrected chi connectivity index (χ1v) is 6.74. The van der Waals surface area contributed by atoms with Crippen LogP contribution in [0.5, 0.6) is 0 Å². The van der Waals surface area contributed by atoms with Crippen molar-refractivity contribution in [3.63, 3.8) is 0 Å². The summed E-state index contributed by atoms with van der Waals surface area (Å²) in [6.45, 7) is -1.17. The molecule has 0 aromatic heterocycles. The topological polar surface area (TPSA) is 61.4 Å². The first kappa shape index (κ1) is 16.1. The molecular formula is C14H16F3N3O2. The van der Waals surface area contributed by atoms with Crippen molar-refractivity contribution >= 4 is 17.5 Å². The van der Waals surface area contributed by atoms with E-state index < -0.39 is 24.7 Å². The Bertz CT molecular complexity index is 575. The molecule has 22 heavy (non-hydrogen) atoms. The van der Waals surface area contributed by atoms with Crippen LogP contribution in [0.15, 0.2) is 24.3 Å².